The Morgan fingerprint density at radius 3 is 2.30 bits per heavy atom. The fourth-order valence-electron chi connectivity index (χ4n) is 2.88. The maximum absolute atomic E-state index is 12.8. The fraction of sp³-hybridized carbons (Fsp3) is 0.333. The predicted molar refractivity (Wildman–Crippen MR) is 105 cm³/mol. The highest BCUT2D eigenvalue weighted by atomic mass is 32.2. The number of sulfonamides is 1. The molecule has 27 heavy (non-hydrogen) atoms. The normalized spacial score (nSPS) is 14.9. The van der Waals surface area contributed by atoms with Gasteiger partial charge in [-0.1, -0.05) is 0 Å². The molecule has 1 N–H and O–H groups in total. The van der Waals surface area contributed by atoms with E-state index >= 15 is 0 Å². The number of nitrogens with one attached hydrogen (secondary N) is 1. The van der Waals surface area contributed by atoms with Gasteiger partial charge >= 0.3 is 0 Å². The molecule has 9 heteroatoms. The standard InChI is InChI=1S/C18H21N3O4S2/c1-20(2)18(23)13-5-7-14(8-6-13)19-17(22)16-15(9-12-26-16)27(24,25)21-10-3-4-11-21/h5-9,12H,3-4,10-11H2,1-2H3,(H,19,22). The summed E-state index contributed by atoms with van der Waals surface area (Å²) in [7, 11) is -0.330. The maximum atomic E-state index is 12.8. The maximum Gasteiger partial charge on any atom is 0.267 e. The number of carbonyl (C=O) groups is 2. The van der Waals surface area contributed by atoms with E-state index in [-0.39, 0.29) is 15.7 Å². The molecule has 1 aliphatic rings. The van der Waals surface area contributed by atoms with Crippen LogP contribution < -0.4 is 5.32 Å². The van der Waals surface area contributed by atoms with E-state index < -0.39 is 15.9 Å². The summed E-state index contributed by atoms with van der Waals surface area (Å²) in [4.78, 5) is 26.2. The van der Waals surface area contributed by atoms with Crippen molar-refractivity contribution in [2.45, 2.75) is 17.7 Å². The first-order valence-electron chi connectivity index (χ1n) is 8.51. The average molecular weight is 408 g/mol. The van der Waals surface area contributed by atoms with Crippen LogP contribution in [0.15, 0.2) is 40.6 Å². The summed E-state index contributed by atoms with van der Waals surface area (Å²) in [5.74, 6) is -0.611. The molecule has 1 saturated heterocycles. The second-order valence-corrected chi connectivity index (χ2v) is 9.28. The van der Waals surface area contributed by atoms with Crippen LogP contribution in [-0.4, -0.2) is 56.6 Å². The number of rotatable bonds is 5. The van der Waals surface area contributed by atoms with E-state index in [1.807, 2.05) is 0 Å². The van der Waals surface area contributed by atoms with Crippen molar-refractivity contribution in [2.75, 3.05) is 32.5 Å². The largest absolute Gasteiger partial charge is 0.345 e. The first-order valence-corrected chi connectivity index (χ1v) is 10.8. The number of hydrogen-bond acceptors (Lipinski definition) is 5. The first-order chi connectivity index (χ1) is 12.8. The van der Waals surface area contributed by atoms with Crippen molar-refractivity contribution in [3.8, 4) is 0 Å². The smallest absolute Gasteiger partial charge is 0.267 e. The third-order valence-corrected chi connectivity index (χ3v) is 7.30. The number of benzene rings is 1. The molecule has 0 atom stereocenters. The Labute approximate surface area is 162 Å². The van der Waals surface area contributed by atoms with Crippen LogP contribution in [0.25, 0.3) is 0 Å². The van der Waals surface area contributed by atoms with Crippen LogP contribution >= 0.6 is 11.3 Å². The van der Waals surface area contributed by atoms with Crippen molar-refractivity contribution >= 4 is 38.9 Å². The third-order valence-electron chi connectivity index (χ3n) is 4.31. The number of thiophene rings is 1. The van der Waals surface area contributed by atoms with E-state index in [1.165, 1.54) is 15.3 Å². The van der Waals surface area contributed by atoms with E-state index in [1.54, 1.807) is 43.7 Å². The molecule has 144 valence electrons. The molecule has 7 nitrogen and oxygen atoms in total. The van der Waals surface area contributed by atoms with E-state index in [9.17, 15) is 18.0 Å². The summed E-state index contributed by atoms with van der Waals surface area (Å²) >= 11 is 1.10. The summed E-state index contributed by atoms with van der Waals surface area (Å²) in [5, 5.41) is 4.31. The number of nitrogens with zero attached hydrogens (tertiary/aromatic N) is 2. The van der Waals surface area contributed by atoms with Crippen molar-refractivity contribution in [1.82, 2.24) is 9.21 Å². The molecule has 1 aromatic carbocycles. The Morgan fingerprint density at radius 1 is 1.07 bits per heavy atom. The quantitative estimate of drug-likeness (QED) is 0.825. The van der Waals surface area contributed by atoms with Gasteiger partial charge in [-0.3, -0.25) is 9.59 Å². The second kappa shape index (κ2) is 7.79. The zero-order chi connectivity index (χ0) is 19.6. The molecule has 2 aromatic rings. The van der Waals surface area contributed by atoms with Gasteiger partial charge in [0, 0.05) is 38.4 Å². The van der Waals surface area contributed by atoms with Gasteiger partial charge in [0.2, 0.25) is 10.0 Å². The van der Waals surface area contributed by atoms with Crippen LogP contribution in [0.5, 0.6) is 0 Å². The van der Waals surface area contributed by atoms with Crippen LogP contribution in [-0.2, 0) is 10.0 Å². The Morgan fingerprint density at radius 2 is 1.70 bits per heavy atom. The molecule has 0 spiro atoms. The monoisotopic (exact) mass is 407 g/mol. The minimum Gasteiger partial charge on any atom is -0.345 e. The molecule has 0 aliphatic carbocycles. The van der Waals surface area contributed by atoms with Crippen molar-refractivity contribution in [3.63, 3.8) is 0 Å². The molecular weight excluding hydrogens is 386 g/mol. The summed E-state index contributed by atoms with van der Waals surface area (Å²) in [6.07, 6.45) is 1.67. The highest BCUT2D eigenvalue weighted by molar-refractivity contribution is 7.89. The average Bonchev–Trinajstić information content (AvgIpc) is 3.33. The lowest BCUT2D eigenvalue weighted by molar-refractivity contribution is 0.0827. The second-order valence-electron chi connectivity index (χ2n) is 6.46. The van der Waals surface area contributed by atoms with Crippen LogP contribution in [0, 0.1) is 0 Å². The molecule has 0 unspecified atom stereocenters. The van der Waals surface area contributed by atoms with Gasteiger partial charge in [-0.25, -0.2) is 8.42 Å². The van der Waals surface area contributed by atoms with Crippen molar-refractivity contribution in [2.24, 2.45) is 0 Å². The number of hydrogen-bond donors (Lipinski definition) is 1. The van der Waals surface area contributed by atoms with Gasteiger partial charge in [-0.2, -0.15) is 4.31 Å². The summed E-state index contributed by atoms with van der Waals surface area (Å²) in [6, 6.07) is 7.96. The van der Waals surface area contributed by atoms with Gasteiger partial charge in [0.15, 0.2) is 0 Å². The van der Waals surface area contributed by atoms with Crippen molar-refractivity contribution < 1.29 is 18.0 Å². The Hall–Kier alpha value is -2.23. The third kappa shape index (κ3) is 4.05. The zero-order valence-electron chi connectivity index (χ0n) is 15.1. The van der Waals surface area contributed by atoms with Crippen LogP contribution in [0.4, 0.5) is 5.69 Å². The van der Waals surface area contributed by atoms with Crippen LogP contribution in [0.1, 0.15) is 32.9 Å². The lowest BCUT2D eigenvalue weighted by atomic mass is 10.2. The molecule has 0 radical (unpaired) electrons. The van der Waals surface area contributed by atoms with Gasteiger partial charge in [0.05, 0.1) is 0 Å². The van der Waals surface area contributed by atoms with Crippen LogP contribution in [0.2, 0.25) is 0 Å². The minimum absolute atomic E-state index is 0.0475. The number of anilines is 1. The highest BCUT2D eigenvalue weighted by Gasteiger charge is 2.31. The molecule has 1 fully saturated rings. The van der Waals surface area contributed by atoms with Crippen molar-refractivity contribution in [3.05, 3.63) is 46.2 Å². The summed E-state index contributed by atoms with van der Waals surface area (Å²) in [6.45, 7) is 0.973. The highest BCUT2D eigenvalue weighted by Crippen LogP contribution is 2.28. The molecule has 0 saturated carbocycles. The van der Waals surface area contributed by atoms with E-state index in [0.29, 0.717) is 24.3 Å². The fourth-order valence-corrected chi connectivity index (χ4v) is 5.69. The molecule has 2 heterocycles. The lowest BCUT2D eigenvalue weighted by Gasteiger charge is -2.15. The SMILES string of the molecule is CN(C)C(=O)c1ccc(NC(=O)c2sccc2S(=O)(=O)N2CCCC2)cc1. The van der Waals surface area contributed by atoms with Gasteiger partial charge in [0.25, 0.3) is 11.8 Å². The predicted octanol–water partition coefficient (Wildman–Crippen LogP) is 2.49. The first kappa shape index (κ1) is 19.5. The van der Waals surface area contributed by atoms with E-state index in [2.05, 4.69) is 5.32 Å². The van der Waals surface area contributed by atoms with Gasteiger partial charge in [-0.15, -0.1) is 11.3 Å². The molecule has 0 bridgehead atoms. The van der Waals surface area contributed by atoms with Gasteiger partial charge < -0.3 is 10.2 Å². The van der Waals surface area contributed by atoms with Crippen LogP contribution in [0.3, 0.4) is 0 Å². The molecule has 3 rings (SSSR count). The Bertz CT molecular complexity index is 943. The number of amides is 2. The van der Waals surface area contributed by atoms with Crippen molar-refractivity contribution in [1.29, 1.82) is 0 Å². The lowest BCUT2D eigenvalue weighted by Crippen LogP contribution is -2.29. The van der Waals surface area contributed by atoms with E-state index in [0.717, 1.165) is 24.2 Å². The summed E-state index contributed by atoms with van der Waals surface area (Å²) in [5.41, 5.74) is 1.000. The summed E-state index contributed by atoms with van der Waals surface area (Å²) < 4.78 is 27.0. The zero-order valence-corrected chi connectivity index (χ0v) is 16.8. The van der Waals surface area contributed by atoms with Gasteiger partial charge in [0.1, 0.15) is 9.77 Å². The minimum atomic E-state index is -3.66. The topological polar surface area (TPSA) is 86.8 Å². The molecule has 1 aromatic heterocycles. The number of carbonyl (C=O) groups excluding carboxylic acids is 2. The Kier molecular flexibility index (Phi) is 5.64. The Balaban J connectivity index is 1.78. The van der Waals surface area contributed by atoms with E-state index in [4.69, 9.17) is 0 Å². The molecule has 1 aliphatic heterocycles. The molecule has 2 amide bonds. The molecular formula is C18H21N3O4S2. The van der Waals surface area contributed by atoms with Gasteiger partial charge in [-0.05, 0) is 48.6 Å².